The van der Waals surface area contributed by atoms with Crippen molar-refractivity contribution in [2.45, 2.75) is 6.54 Å². The molecule has 0 aliphatic rings. The summed E-state index contributed by atoms with van der Waals surface area (Å²) in [5, 5.41) is 9.38. The highest BCUT2D eigenvalue weighted by Crippen LogP contribution is 2.32. The molecular weight excluding hydrogens is 236 g/mol. The molecule has 0 aliphatic heterocycles. The summed E-state index contributed by atoms with van der Waals surface area (Å²) < 4.78 is 5.74. The Bertz CT molecular complexity index is 304. The summed E-state index contributed by atoms with van der Waals surface area (Å²) in [7, 11) is 1.50. The van der Waals surface area contributed by atoms with Crippen LogP contribution >= 0.6 is 15.9 Å². The van der Waals surface area contributed by atoms with Crippen molar-refractivity contribution in [3.63, 3.8) is 0 Å². The van der Waals surface area contributed by atoms with Crippen LogP contribution in [-0.4, -0.2) is 12.2 Å². The molecule has 5 heteroatoms. The molecule has 0 aliphatic carbocycles. The molecule has 0 aromatic heterocycles. The maximum absolute atomic E-state index is 9.38. The van der Waals surface area contributed by atoms with Gasteiger partial charge in [0.25, 0.3) is 0 Å². The van der Waals surface area contributed by atoms with Gasteiger partial charge in [0.05, 0.1) is 7.11 Å². The maximum Gasteiger partial charge on any atom is 0.160 e. The van der Waals surface area contributed by atoms with Gasteiger partial charge in [0, 0.05) is 11.0 Å². The number of ether oxygens (including phenoxy) is 1. The Hall–Kier alpha value is -0.780. The van der Waals surface area contributed by atoms with Crippen LogP contribution in [-0.2, 0) is 6.54 Å². The largest absolute Gasteiger partial charge is 0.504 e. The zero-order valence-electron chi connectivity index (χ0n) is 7.17. The normalized spacial score (nSPS) is 10.1. The smallest absolute Gasteiger partial charge is 0.160 e. The number of phenolic OH excluding ortho intramolecular Hbond substituents is 1. The molecule has 13 heavy (non-hydrogen) atoms. The van der Waals surface area contributed by atoms with Crippen LogP contribution in [0.3, 0.4) is 0 Å². The Morgan fingerprint density at radius 3 is 2.85 bits per heavy atom. The first kappa shape index (κ1) is 10.3. The predicted octanol–water partition coefficient (Wildman–Crippen LogP) is 1.13. The minimum atomic E-state index is 0.107. The summed E-state index contributed by atoms with van der Waals surface area (Å²) in [6.45, 7) is 0.511. The van der Waals surface area contributed by atoms with Gasteiger partial charge in [0.15, 0.2) is 11.5 Å². The lowest BCUT2D eigenvalue weighted by Crippen LogP contribution is -2.21. The number of phenols is 1. The van der Waals surface area contributed by atoms with Gasteiger partial charge in [-0.3, -0.25) is 11.3 Å². The topological polar surface area (TPSA) is 67.5 Å². The van der Waals surface area contributed by atoms with Crippen molar-refractivity contribution >= 4 is 15.9 Å². The van der Waals surface area contributed by atoms with E-state index in [2.05, 4.69) is 21.4 Å². The van der Waals surface area contributed by atoms with Gasteiger partial charge in [-0.2, -0.15) is 0 Å². The predicted molar refractivity (Wildman–Crippen MR) is 53.4 cm³/mol. The van der Waals surface area contributed by atoms with Gasteiger partial charge < -0.3 is 9.84 Å². The zero-order valence-corrected chi connectivity index (χ0v) is 8.76. The van der Waals surface area contributed by atoms with E-state index in [1.165, 1.54) is 7.11 Å². The van der Waals surface area contributed by atoms with Crippen LogP contribution in [0.1, 0.15) is 5.56 Å². The van der Waals surface area contributed by atoms with E-state index in [-0.39, 0.29) is 5.75 Å². The van der Waals surface area contributed by atoms with Gasteiger partial charge in [-0.05, 0) is 17.7 Å². The molecule has 0 spiro atoms. The van der Waals surface area contributed by atoms with Crippen molar-refractivity contribution in [1.82, 2.24) is 5.43 Å². The molecule has 1 rings (SSSR count). The summed E-state index contributed by atoms with van der Waals surface area (Å²) in [6, 6.07) is 3.30. The Kier molecular flexibility index (Phi) is 3.53. The molecule has 0 saturated carbocycles. The van der Waals surface area contributed by atoms with Gasteiger partial charge >= 0.3 is 0 Å². The number of methoxy groups -OCH3 is 1. The van der Waals surface area contributed by atoms with E-state index >= 15 is 0 Å². The SMILES string of the molecule is COc1cc(CNN)c(Br)cc1O. The first-order valence-electron chi connectivity index (χ1n) is 3.68. The number of hydrogen-bond acceptors (Lipinski definition) is 4. The average molecular weight is 247 g/mol. The summed E-state index contributed by atoms with van der Waals surface area (Å²) >= 11 is 3.30. The van der Waals surface area contributed by atoms with E-state index in [0.29, 0.717) is 12.3 Å². The van der Waals surface area contributed by atoms with Crippen LogP contribution in [0.5, 0.6) is 11.5 Å². The van der Waals surface area contributed by atoms with E-state index < -0.39 is 0 Å². The molecule has 1 aromatic carbocycles. The van der Waals surface area contributed by atoms with Crippen molar-refractivity contribution in [3.8, 4) is 11.5 Å². The van der Waals surface area contributed by atoms with Gasteiger partial charge in [-0.1, -0.05) is 15.9 Å². The molecular formula is C8H11BrN2O2. The molecule has 0 fully saturated rings. The minimum Gasteiger partial charge on any atom is -0.504 e. The van der Waals surface area contributed by atoms with Crippen molar-refractivity contribution in [3.05, 3.63) is 22.2 Å². The zero-order chi connectivity index (χ0) is 9.84. The van der Waals surface area contributed by atoms with Crippen LogP contribution < -0.4 is 16.0 Å². The fourth-order valence-corrected chi connectivity index (χ4v) is 1.47. The Morgan fingerprint density at radius 1 is 1.62 bits per heavy atom. The van der Waals surface area contributed by atoms with Crippen LogP contribution in [0, 0.1) is 0 Å². The fourth-order valence-electron chi connectivity index (χ4n) is 0.994. The molecule has 0 bridgehead atoms. The van der Waals surface area contributed by atoms with Crippen LogP contribution in [0.4, 0.5) is 0 Å². The Balaban J connectivity index is 3.06. The van der Waals surface area contributed by atoms with Crippen molar-refractivity contribution in [1.29, 1.82) is 0 Å². The number of nitrogens with two attached hydrogens (primary N) is 1. The number of rotatable bonds is 3. The third-order valence-electron chi connectivity index (χ3n) is 1.64. The van der Waals surface area contributed by atoms with Crippen LogP contribution in [0.25, 0.3) is 0 Å². The van der Waals surface area contributed by atoms with Crippen molar-refractivity contribution < 1.29 is 9.84 Å². The summed E-state index contributed by atoms with van der Waals surface area (Å²) in [6.07, 6.45) is 0. The summed E-state index contributed by atoms with van der Waals surface area (Å²) in [4.78, 5) is 0. The molecule has 0 saturated heterocycles. The third-order valence-corrected chi connectivity index (χ3v) is 2.38. The van der Waals surface area contributed by atoms with E-state index in [9.17, 15) is 5.11 Å². The lowest BCUT2D eigenvalue weighted by Gasteiger charge is -2.08. The van der Waals surface area contributed by atoms with E-state index in [0.717, 1.165) is 10.0 Å². The molecule has 0 atom stereocenters. The van der Waals surface area contributed by atoms with E-state index in [4.69, 9.17) is 10.6 Å². The quantitative estimate of drug-likeness (QED) is 0.553. The number of halogens is 1. The number of nitrogens with one attached hydrogen (secondary N) is 1. The van der Waals surface area contributed by atoms with E-state index in [1.807, 2.05) is 0 Å². The highest BCUT2D eigenvalue weighted by Gasteiger charge is 2.06. The molecule has 4 N–H and O–H groups in total. The Labute approximate surface area is 84.8 Å². The summed E-state index contributed by atoms with van der Waals surface area (Å²) in [5.74, 6) is 5.73. The van der Waals surface area contributed by atoms with Crippen molar-refractivity contribution in [2.24, 2.45) is 5.84 Å². The second-order valence-corrected chi connectivity index (χ2v) is 3.35. The minimum absolute atomic E-state index is 0.107. The van der Waals surface area contributed by atoms with Crippen molar-refractivity contribution in [2.75, 3.05) is 7.11 Å². The molecule has 0 unspecified atom stereocenters. The molecule has 0 heterocycles. The average Bonchev–Trinajstić information content (AvgIpc) is 2.10. The second-order valence-electron chi connectivity index (χ2n) is 2.50. The lowest BCUT2D eigenvalue weighted by molar-refractivity contribution is 0.372. The highest BCUT2D eigenvalue weighted by molar-refractivity contribution is 9.10. The standard InChI is InChI=1S/C8H11BrN2O2/c1-13-8-2-5(4-11-10)6(9)3-7(8)12/h2-3,11-12H,4,10H2,1H3. The van der Waals surface area contributed by atoms with Gasteiger partial charge in [-0.25, -0.2) is 0 Å². The number of aromatic hydroxyl groups is 1. The third kappa shape index (κ3) is 2.33. The molecule has 4 nitrogen and oxygen atoms in total. The molecule has 72 valence electrons. The van der Waals surface area contributed by atoms with Crippen LogP contribution in [0.2, 0.25) is 0 Å². The number of benzene rings is 1. The van der Waals surface area contributed by atoms with Gasteiger partial charge in [0.2, 0.25) is 0 Å². The first-order chi connectivity index (χ1) is 6.19. The first-order valence-corrected chi connectivity index (χ1v) is 4.47. The lowest BCUT2D eigenvalue weighted by atomic mass is 10.2. The molecule has 0 radical (unpaired) electrons. The fraction of sp³-hybridized carbons (Fsp3) is 0.250. The highest BCUT2D eigenvalue weighted by atomic mass is 79.9. The summed E-state index contributed by atoms with van der Waals surface area (Å²) in [5.41, 5.74) is 3.46. The Morgan fingerprint density at radius 2 is 2.31 bits per heavy atom. The van der Waals surface area contributed by atoms with E-state index in [1.54, 1.807) is 12.1 Å². The maximum atomic E-state index is 9.38. The monoisotopic (exact) mass is 246 g/mol. The number of hydrogen-bond donors (Lipinski definition) is 3. The molecule has 0 amide bonds. The van der Waals surface area contributed by atoms with Crippen LogP contribution in [0.15, 0.2) is 16.6 Å². The van der Waals surface area contributed by atoms with Gasteiger partial charge in [-0.15, -0.1) is 0 Å². The number of hydrazine groups is 1. The second kappa shape index (κ2) is 4.45. The van der Waals surface area contributed by atoms with Gasteiger partial charge in [0.1, 0.15) is 0 Å². The molecule has 1 aromatic rings.